The van der Waals surface area contributed by atoms with Crippen molar-refractivity contribution in [2.24, 2.45) is 5.92 Å². The summed E-state index contributed by atoms with van der Waals surface area (Å²) in [4.78, 5) is 17.6. The average molecular weight is 487 g/mol. The molecule has 0 aromatic heterocycles. The fourth-order valence-electron chi connectivity index (χ4n) is 7.49. The highest BCUT2D eigenvalue weighted by molar-refractivity contribution is 5.94. The number of piperidine rings is 1. The van der Waals surface area contributed by atoms with Crippen LogP contribution in [0, 0.1) is 31.6 Å². The standard InChI is InChI=1S/C30H34N2O4/c1-17-6-7-19(14-18(17)2)8-11-26(34)32(4)22-10-9-21-23-15-20-24(33)16-25(35-5)28-27(20)30(21,29(22)36-28)12-13-31(23)3/h6-7,14,16,21-23,29,33H,9-10,12-13,15H2,1-5H3/t21-,22-,23+,29-,30-/m0/s1. The number of hydrogen-bond acceptors (Lipinski definition) is 5. The first-order valence-electron chi connectivity index (χ1n) is 12.9. The average Bonchev–Trinajstić information content (AvgIpc) is 3.21. The molecule has 1 spiro atoms. The van der Waals surface area contributed by atoms with Crippen LogP contribution in [-0.4, -0.2) is 66.8 Å². The van der Waals surface area contributed by atoms with Gasteiger partial charge in [-0.1, -0.05) is 12.0 Å². The molecule has 1 saturated heterocycles. The molecule has 2 heterocycles. The molecule has 188 valence electrons. The highest BCUT2D eigenvalue weighted by Crippen LogP contribution is 2.65. The lowest BCUT2D eigenvalue weighted by atomic mass is 9.51. The monoisotopic (exact) mass is 486 g/mol. The summed E-state index contributed by atoms with van der Waals surface area (Å²) >= 11 is 0. The van der Waals surface area contributed by atoms with Crippen LogP contribution in [0.25, 0.3) is 0 Å². The van der Waals surface area contributed by atoms with Gasteiger partial charge in [0.15, 0.2) is 11.5 Å². The number of likely N-dealkylation sites (tertiary alicyclic amines) is 1. The van der Waals surface area contributed by atoms with E-state index < -0.39 is 0 Å². The molecule has 1 amide bonds. The molecule has 6 nitrogen and oxygen atoms in total. The Morgan fingerprint density at radius 1 is 1.25 bits per heavy atom. The lowest BCUT2D eigenvalue weighted by molar-refractivity contribution is -0.133. The van der Waals surface area contributed by atoms with Crippen molar-refractivity contribution in [1.82, 2.24) is 9.80 Å². The Morgan fingerprint density at radius 2 is 2.06 bits per heavy atom. The number of likely N-dealkylation sites (N-methyl/N-ethyl adjacent to an activating group) is 2. The first-order chi connectivity index (χ1) is 17.3. The van der Waals surface area contributed by atoms with Crippen molar-refractivity contribution in [3.8, 4) is 29.1 Å². The lowest BCUT2D eigenvalue weighted by Crippen LogP contribution is -2.68. The maximum absolute atomic E-state index is 13.3. The van der Waals surface area contributed by atoms with E-state index in [-0.39, 0.29) is 23.5 Å². The second-order valence-corrected chi connectivity index (χ2v) is 11.1. The number of amides is 1. The Kier molecular flexibility index (Phi) is 5.28. The van der Waals surface area contributed by atoms with Gasteiger partial charge in [0, 0.05) is 47.2 Å². The van der Waals surface area contributed by atoms with E-state index in [0.29, 0.717) is 23.5 Å². The minimum absolute atomic E-state index is 0.0999. The maximum Gasteiger partial charge on any atom is 0.298 e. The second-order valence-electron chi connectivity index (χ2n) is 11.1. The van der Waals surface area contributed by atoms with Gasteiger partial charge < -0.3 is 24.4 Å². The molecule has 2 aliphatic carbocycles. The maximum atomic E-state index is 13.3. The van der Waals surface area contributed by atoms with Crippen molar-refractivity contribution in [3.63, 3.8) is 0 Å². The second kappa shape index (κ2) is 8.18. The van der Waals surface area contributed by atoms with Crippen molar-refractivity contribution < 1.29 is 19.4 Å². The summed E-state index contributed by atoms with van der Waals surface area (Å²) in [5.41, 5.74) is 5.12. The van der Waals surface area contributed by atoms with Gasteiger partial charge in [0.05, 0.1) is 13.2 Å². The third-order valence-electron chi connectivity index (χ3n) is 9.51. The topological polar surface area (TPSA) is 62.2 Å². The zero-order valence-corrected chi connectivity index (χ0v) is 21.7. The van der Waals surface area contributed by atoms with Gasteiger partial charge in [0.1, 0.15) is 11.9 Å². The van der Waals surface area contributed by atoms with E-state index in [0.717, 1.165) is 54.7 Å². The number of phenols is 1. The number of nitrogens with zero attached hydrogens (tertiary/aromatic N) is 2. The predicted molar refractivity (Wildman–Crippen MR) is 138 cm³/mol. The number of carbonyl (C=O) groups is 1. The summed E-state index contributed by atoms with van der Waals surface area (Å²) in [6, 6.07) is 7.97. The zero-order chi connectivity index (χ0) is 25.4. The fourth-order valence-corrected chi connectivity index (χ4v) is 7.49. The van der Waals surface area contributed by atoms with Crippen LogP contribution >= 0.6 is 0 Å². The van der Waals surface area contributed by atoms with Crippen molar-refractivity contribution in [3.05, 3.63) is 52.1 Å². The highest BCUT2D eigenvalue weighted by atomic mass is 16.5. The molecule has 4 aliphatic rings. The van der Waals surface area contributed by atoms with Crippen molar-refractivity contribution in [1.29, 1.82) is 0 Å². The molecule has 6 rings (SSSR count). The molecule has 0 unspecified atom stereocenters. The lowest BCUT2D eigenvalue weighted by Gasteiger charge is -2.59. The SMILES string of the molecule is COc1cc(O)c2c3c1O[C@H]1[C@@H](N(C)C(=O)C#Cc4ccc(C)c(C)c4)CC[C@H]4[C@@H](C2)N(C)CC[C@@]341. The van der Waals surface area contributed by atoms with Crippen LogP contribution in [0.2, 0.25) is 0 Å². The Hall–Kier alpha value is -3.17. The molecule has 0 radical (unpaired) electrons. The number of phenolic OH excluding ortho intramolecular Hbond substituents is 1. The number of rotatable bonds is 2. The van der Waals surface area contributed by atoms with E-state index in [1.807, 2.05) is 25.2 Å². The molecule has 6 heteroatoms. The van der Waals surface area contributed by atoms with Gasteiger partial charge in [0.25, 0.3) is 5.91 Å². The van der Waals surface area contributed by atoms with Crippen LogP contribution in [0.4, 0.5) is 0 Å². The van der Waals surface area contributed by atoms with E-state index in [2.05, 4.69) is 37.6 Å². The largest absolute Gasteiger partial charge is 0.508 e. The van der Waals surface area contributed by atoms with Gasteiger partial charge in [-0.3, -0.25) is 4.79 Å². The molecule has 2 fully saturated rings. The van der Waals surface area contributed by atoms with E-state index in [4.69, 9.17) is 9.47 Å². The zero-order valence-electron chi connectivity index (χ0n) is 21.7. The summed E-state index contributed by atoms with van der Waals surface area (Å²) in [5.74, 6) is 7.81. The van der Waals surface area contributed by atoms with Gasteiger partial charge in [-0.2, -0.15) is 0 Å². The molecule has 36 heavy (non-hydrogen) atoms. The smallest absolute Gasteiger partial charge is 0.298 e. The van der Waals surface area contributed by atoms with Crippen LogP contribution in [0.15, 0.2) is 24.3 Å². The number of aryl methyl sites for hydroxylation is 2. The third-order valence-corrected chi connectivity index (χ3v) is 9.51. The quantitative estimate of drug-likeness (QED) is 0.658. The molecule has 2 aromatic rings. The van der Waals surface area contributed by atoms with Crippen LogP contribution in [-0.2, 0) is 16.6 Å². The molecule has 5 atom stereocenters. The minimum atomic E-state index is -0.231. The van der Waals surface area contributed by atoms with E-state index >= 15 is 0 Å². The molecular weight excluding hydrogens is 452 g/mol. The summed E-state index contributed by atoms with van der Waals surface area (Å²) < 4.78 is 12.4. The third kappa shape index (κ3) is 3.12. The van der Waals surface area contributed by atoms with Gasteiger partial charge in [-0.15, -0.1) is 0 Å². The number of methoxy groups -OCH3 is 1. The van der Waals surface area contributed by atoms with Crippen LogP contribution in [0.5, 0.6) is 17.2 Å². The van der Waals surface area contributed by atoms with Crippen LogP contribution in [0.3, 0.4) is 0 Å². The van der Waals surface area contributed by atoms with Gasteiger partial charge in [-0.05, 0) is 82.3 Å². The molecule has 2 bridgehead atoms. The summed E-state index contributed by atoms with van der Waals surface area (Å²) in [5, 5.41) is 11.0. The normalized spacial score (nSPS) is 29.5. The number of ether oxygens (including phenoxy) is 2. The minimum Gasteiger partial charge on any atom is -0.508 e. The molecule has 1 N–H and O–H groups in total. The summed E-state index contributed by atoms with van der Waals surface area (Å²) in [6.45, 7) is 5.09. The van der Waals surface area contributed by atoms with Gasteiger partial charge >= 0.3 is 0 Å². The number of benzene rings is 2. The number of hydrogen-bond donors (Lipinski definition) is 1. The van der Waals surface area contributed by atoms with Gasteiger partial charge in [0.2, 0.25) is 0 Å². The van der Waals surface area contributed by atoms with Gasteiger partial charge in [-0.25, -0.2) is 0 Å². The molecule has 2 aromatic carbocycles. The Labute approximate surface area is 213 Å². The van der Waals surface area contributed by atoms with Crippen molar-refractivity contribution >= 4 is 5.91 Å². The van der Waals surface area contributed by atoms with Crippen molar-refractivity contribution in [2.75, 3.05) is 27.7 Å². The molecule has 2 aliphatic heterocycles. The predicted octanol–water partition coefficient (Wildman–Crippen LogP) is 3.57. The van der Waals surface area contributed by atoms with E-state index in [9.17, 15) is 9.90 Å². The van der Waals surface area contributed by atoms with E-state index in [1.54, 1.807) is 18.1 Å². The number of aromatic hydroxyl groups is 1. The van der Waals surface area contributed by atoms with Crippen molar-refractivity contribution in [2.45, 2.75) is 63.1 Å². The van der Waals surface area contributed by atoms with Crippen LogP contribution in [0.1, 0.15) is 47.1 Å². The fraction of sp³-hybridized carbons (Fsp3) is 0.500. The molecular formula is C30H34N2O4. The molecule has 1 saturated carbocycles. The summed E-state index contributed by atoms with van der Waals surface area (Å²) in [7, 11) is 5.67. The Morgan fingerprint density at radius 3 is 2.81 bits per heavy atom. The van der Waals surface area contributed by atoms with E-state index in [1.165, 1.54) is 11.1 Å². The highest BCUT2D eigenvalue weighted by Gasteiger charge is 2.66. The Bertz CT molecular complexity index is 1320. The first kappa shape index (κ1) is 23.2. The first-order valence-corrected chi connectivity index (χ1v) is 12.9. The summed E-state index contributed by atoms with van der Waals surface area (Å²) in [6.07, 6.45) is 3.45. The van der Waals surface area contributed by atoms with Crippen LogP contribution < -0.4 is 9.47 Å². The number of carbonyl (C=O) groups excluding carboxylic acids is 1. The Balaban J connectivity index is 1.38.